The Hall–Kier alpha value is -0.780. The largest absolute Gasteiger partial charge is 0.391 e. The zero-order chi connectivity index (χ0) is 14.6. The number of carbonyl (C=O) groups is 1. The number of nitrogens with one attached hydrogen (secondary N) is 1. The summed E-state index contributed by atoms with van der Waals surface area (Å²) in [5, 5.41) is 12.2. The van der Waals surface area contributed by atoms with E-state index in [0.717, 1.165) is 0 Å². The molecule has 1 saturated carbocycles. The van der Waals surface area contributed by atoms with Gasteiger partial charge in [-0.2, -0.15) is 13.2 Å². The Morgan fingerprint density at radius 2 is 1.79 bits per heavy atom. The van der Waals surface area contributed by atoms with E-state index in [1.54, 1.807) is 0 Å². The minimum Gasteiger partial charge on any atom is -0.391 e. The molecule has 1 aliphatic carbocycles. The van der Waals surface area contributed by atoms with Gasteiger partial charge in [0.15, 0.2) is 0 Å². The van der Waals surface area contributed by atoms with Crippen LogP contribution in [0.25, 0.3) is 0 Å². The van der Waals surface area contributed by atoms with Crippen molar-refractivity contribution in [1.82, 2.24) is 5.32 Å². The molecule has 0 aromatic carbocycles. The summed E-state index contributed by atoms with van der Waals surface area (Å²) in [7, 11) is 0. The lowest BCUT2D eigenvalue weighted by Gasteiger charge is -2.29. The maximum absolute atomic E-state index is 12.5. The van der Waals surface area contributed by atoms with Gasteiger partial charge < -0.3 is 10.4 Å². The normalized spacial score (nSPS) is 26.3. The number of carbonyl (C=O) groups excluding carboxylic acids is 1. The highest BCUT2D eigenvalue weighted by Crippen LogP contribution is 2.39. The van der Waals surface area contributed by atoms with E-state index in [-0.39, 0.29) is 50.0 Å². The monoisotopic (exact) mass is 281 g/mol. The Morgan fingerprint density at radius 1 is 1.26 bits per heavy atom. The molecule has 112 valence electrons. The first-order chi connectivity index (χ1) is 8.71. The van der Waals surface area contributed by atoms with Crippen molar-refractivity contribution < 1.29 is 23.1 Å². The van der Waals surface area contributed by atoms with Crippen LogP contribution >= 0.6 is 0 Å². The van der Waals surface area contributed by atoms with E-state index in [9.17, 15) is 23.1 Å². The van der Waals surface area contributed by atoms with Gasteiger partial charge in [-0.15, -0.1) is 0 Å². The third-order valence-corrected chi connectivity index (χ3v) is 3.82. The topological polar surface area (TPSA) is 49.3 Å². The summed E-state index contributed by atoms with van der Waals surface area (Å²) in [4.78, 5) is 11.8. The number of hydrogen-bond donors (Lipinski definition) is 2. The zero-order valence-corrected chi connectivity index (χ0v) is 11.3. The molecule has 0 bridgehead atoms. The van der Waals surface area contributed by atoms with Gasteiger partial charge in [0.2, 0.25) is 5.91 Å². The fourth-order valence-electron chi connectivity index (χ4n) is 2.27. The lowest BCUT2D eigenvalue weighted by atomic mass is 9.81. The van der Waals surface area contributed by atoms with Crippen molar-refractivity contribution >= 4 is 5.91 Å². The van der Waals surface area contributed by atoms with Crippen molar-refractivity contribution in [3.05, 3.63) is 0 Å². The summed E-state index contributed by atoms with van der Waals surface area (Å²) in [5.41, 5.74) is 0. The predicted molar refractivity (Wildman–Crippen MR) is 65.4 cm³/mol. The molecule has 1 atom stereocenters. The van der Waals surface area contributed by atoms with Crippen LogP contribution in [0.1, 0.15) is 39.5 Å². The molecule has 0 saturated heterocycles. The molecule has 1 amide bonds. The average molecular weight is 281 g/mol. The molecule has 3 nitrogen and oxygen atoms in total. The first-order valence-corrected chi connectivity index (χ1v) is 6.74. The van der Waals surface area contributed by atoms with E-state index in [4.69, 9.17) is 0 Å². The van der Waals surface area contributed by atoms with Gasteiger partial charge in [0.25, 0.3) is 0 Å². The van der Waals surface area contributed by atoms with Gasteiger partial charge >= 0.3 is 6.18 Å². The summed E-state index contributed by atoms with van der Waals surface area (Å²) >= 11 is 0. The molecule has 0 spiro atoms. The molecule has 19 heavy (non-hydrogen) atoms. The fourth-order valence-corrected chi connectivity index (χ4v) is 2.27. The highest BCUT2D eigenvalue weighted by molar-refractivity contribution is 5.78. The molecule has 2 N–H and O–H groups in total. The Morgan fingerprint density at radius 3 is 2.21 bits per heavy atom. The maximum Gasteiger partial charge on any atom is 0.391 e. The van der Waals surface area contributed by atoms with E-state index in [1.165, 1.54) is 0 Å². The van der Waals surface area contributed by atoms with Crippen LogP contribution in [0.5, 0.6) is 0 Å². The number of rotatable bonds is 4. The molecule has 0 aromatic heterocycles. The molecule has 0 heterocycles. The van der Waals surface area contributed by atoms with Crippen molar-refractivity contribution in [3.63, 3.8) is 0 Å². The number of alkyl halides is 3. The van der Waals surface area contributed by atoms with Gasteiger partial charge in [0.05, 0.1) is 12.0 Å². The summed E-state index contributed by atoms with van der Waals surface area (Å²) in [6.07, 6.45) is -4.17. The molecule has 1 rings (SSSR count). The van der Waals surface area contributed by atoms with E-state index in [1.807, 2.05) is 13.8 Å². The third kappa shape index (κ3) is 5.01. The Kier molecular flexibility index (Phi) is 5.64. The highest BCUT2D eigenvalue weighted by Gasteiger charge is 2.42. The molecular formula is C13H22F3NO2. The fraction of sp³-hybridized carbons (Fsp3) is 0.923. The van der Waals surface area contributed by atoms with E-state index < -0.39 is 18.2 Å². The standard InChI is InChI=1S/C13H22F3NO2/c1-8(2)11(18)7-17-12(19)9-3-5-10(6-4-9)13(14,15)16/h8-11,18H,3-7H2,1-2H3,(H,17,19). The zero-order valence-electron chi connectivity index (χ0n) is 11.3. The second-order valence-corrected chi connectivity index (χ2v) is 5.65. The van der Waals surface area contributed by atoms with Gasteiger partial charge in [0, 0.05) is 12.5 Å². The minimum absolute atomic E-state index is 0.0221. The van der Waals surface area contributed by atoms with Gasteiger partial charge in [-0.25, -0.2) is 0 Å². The van der Waals surface area contributed by atoms with Crippen LogP contribution < -0.4 is 5.32 Å². The van der Waals surface area contributed by atoms with E-state index in [2.05, 4.69) is 5.32 Å². The first-order valence-electron chi connectivity index (χ1n) is 6.74. The van der Waals surface area contributed by atoms with Crippen LogP contribution in [0.4, 0.5) is 13.2 Å². The second-order valence-electron chi connectivity index (χ2n) is 5.65. The summed E-state index contributed by atoms with van der Waals surface area (Å²) in [5.74, 6) is -1.81. The van der Waals surface area contributed by atoms with Crippen molar-refractivity contribution in [2.75, 3.05) is 6.54 Å². The smallest absolute Gasteiger partial charge is 0.391 e. The average Bonchev–Trinajstić information content (AvgIpc) is 2.34. The molecule has 1 unspecified atom stereocenters. The molecule has 0 radical (unpaired) electrons. The maximum atomic E-state index is 12.5. The van der Waals surface area contributed by atoms with Gasteiger partial charge in [-0.05, 0) is 31.6 Å². The predicted octanol–water partition coefficient (Wildman–Crippen LogP) is 2.49. The SMILES string of the molecule is CC(C)C(O)CNC(=O)C1CCC(C(F)(F)F)CC1. The molecular weight excluding hydrogens is 259 g/mol. The number of halogens is 3. The van der Waals surface area contributed by atoms with Gasteiger partial charge in [0.1, 0.15) is 0 Å². The second kappa shape index (κ2) is 6.59. The summed E-state index contributed by atoms with van der Waals surface area (Å²) < 4.78 is 37.4. The summed E-state index contributed by atoms with van der Waals surface area (Å²) in [6, 6.07) is 0. The van der Waals surface area contributed by atoms with E-state index in [0.29, 0.717) is 0 Å². The number of aliphatic hydroxyl groups is 1. The third-order valence-electron chi connectivity index (χ3n) is 3.82. The lowest BCUT2D eigenvalue weighted by Crippen LogP contribution is -2.40. The Labute approximate surface area is 111 Å². The highest BCUT2D eigenvalue weighted by atomic mass is 19.4. The number of amides is 1. The quantitative estimate of drug-likeness (QED) is 0.831. The molecule has 0 aliphatic heterocycles. The van der Waals surface area contributed by atoms with Crippen LogP contribution in [0.2, 0.25) is 0 Å². The van der Waals surface area contributed by atoms with Crippen LogP contribution in [0.15, 0.2) is 0 Å². The molecule has 1 aliphatic rings. The van der Waals surface area contributed by atoms with Crippen LogP contribution in [-0.2, 0) is 4.79 Å². The molecule has 6 heteroatoms. The van der Waals surface area contributed by atoms with Crippen molar-refractivity contribution in [2.24, 2.45) is 17.8 Å². The molecule has 0 aromatic rings. The van der Waals surface area contributed by atoms with Gasteiger partial charge in [-0.3, -0.25) is 4.79 Å². The van der Waals surface area contributed by atoms with Crippen LogP contribution in [-0.4, -0.2) is 29.8 Å². The Balaban J connectivity index is 2.33. The van der Waals surface area contributed by atoms with Crippen molar-refractivity contribution in [3.8, 4) is 0 Å². The van der Waals surface area contributed by atoms with Crippen LogP contribution in [0.3, 0.4) is 0 Å². The Bertz CT molecular complexity index is 297. The molecule has 1 fully saturated rings. The van der Waals surface area contributed by atoms with Crippen LogP contribution in [0, 0.1) is 17.8 Å². The first kappa shape index (κ1) is 16.3. The van der Waals surface area contributed by atoms with Gasteiger partial charge in [-0.1, -0.05) is 13.8 Å². The lowest BCUT2D eigenvalue weighted by molar-refractivity contribution is -0.184. The minimum atomic E-state index is -4.14. The van der Waals surface area contributed by atoms with E-state index >= 15 is 0 Å². The number of hydrogen-bond acceptors (Lipinski definition) is 2. The van der Waals surface area contributed by atoms with Crippen molar-refractivity contribution in [1.29, 1.82) is 0 Å². The summed E-state index contributed by atoms with van der Waals surface area (Å²) in [6.45, 7) is 3.84. The number of aliphatic hydroxyl groups excluding tert-OH is 1. The van der Waals surface area contributed by atoms with Crippen molar-refractivity contribution in [2.45, 2.75) is 51.8 Å².